The minimum Gasteiger partial charge on any atom is -0.303 e. The van der Waals surface area contributed by atoms with Crippen molar-refractivity contribution in [2.24, 2.45) is 0 Å². The first-order valence-corrected chi connectivity index (χ1v) is 11.2. The third-order valence-electron chi connectivity index (χ3n) is 7.15. The van der Waals surface area contributed by atoms with Crippen LogP contribution in [0, 0.1) is 0 Å². The number of likely N-dealkylation sites (N-methyl/N-ethyl adjacent to an activating group) is 1. The highest BCUT2D eigenvalue weighted by Gasteiger charge is 2.45. The van der Waals surface area contributed by atoms with Crippen molar-refractivity contribution in [1.29, 1.82) is 0 Å². The number of hydrogen-bond donors (Lipinski definition) is 0. The van der Waals surface area contributed by atoms with Gasteiger partial charge in [0.1, 0.15) is 0 Å². The predicted molar refractivity (Wildman–Crippen MR) is 119 cm³/mol. The Morgan fingerprint density at radius 1 is 0.857 bits per heavy atom. The summed E-state index contributed by atoms with van der Waals surface area (Å²) in [5, 5.41) is 0.835. The maximum absolute atomic E-state index is 6.18. The minimum absolute atomic E-state index is 0.183. The lowest BCUT2D eigenvalue weighted by molar-refractivity contribution is 0.0342. The van der Waals surface area contributed by atoms with Gasteiger partial charge in [-0.25, -0.2) is 0 Å². The molecule has 0 unspecified atom stereocenters. The van der Waals surface area contributed by atoms with Crippen molar-refractivity contribution < 1.29 is 0 Å². The first kappa shape index (κ1) is 19.9. The summed E-state index contributed by atoms with van der Waals surface area (Å²) >= 11 is 6.18. The quantitative estimate of drug-likeness (QED) is 0.588. The lowest BCUT2D eigenvalue weighted by Gasteiger charge is -2.49. The Hall–Kier alpha value is -1.35. The molecule has 0 bridgehead atoms. The second-order valence-electron chi connectivity index (χ2n) is 8.83. The normalized spacial score (nSPS) is 25.4. The van der Waals surface area contributed by atoms with Crippen LogP contribution < -0.4 is 0 Å². The molecule has 150 valence electrons. The van der Waals surface area contributed by atoms with E-state index in [1.807, 2.05) is 0 Å². The summed E-state index contributed by atoms with van der Waals surface area (Å²) in [4.78, 5) is 5.28. The molecular weight excluding hydrogens is 364 g/mol. The molecular formula is C25H33ClN2. The molecule has 2 aromatic rings. The Morgan fingerprint density at radius 3 is 2.11 bits per heavy atom. The van der Waals surface area contributed by atoms with Gasteiger partial charge in [0.2, 0.25) is 0 Å². The maximum Gasteiger partial charge on any atom is 0.0461 e. The molecule has 0 heterocycles. The van der Waals surface area contributed by atoms with Crippen LogP contribution in [0.4, 0.5) is 0 Å². The minimum atomic E-state index is 0.183. The molecule has 2 aliphatic carbocycles. The zero-order chi connectivity index (χ0) is 19.6. The molecule has 2 saturated carbocycles. The third-order valence-corrected chi connectivity index (χ3v) is 7.40. The van der Waals surface area contributed by atoms with Crippen molar-refractivity contribution in [1.82, 2.24) is 9.80 Å². The third kappa shape index (κ3) is 4.30. The van der Waals surface area contributed by atoms with Gasteiger partial charge in [0.15, 0.2) is 0 Å². The van der Waals surface area contributed by atoms with Gasteiger partial charge >= 0.3 is 0 Å². The van der Waals surface area contributed by atoms with Crippen molar-refractivity contribution in [3.63, 3.8) is 0 Å². The summed E-state index contributed by atoms with van der Waals surface area (Å²) in [5.74, 6) is 0. The van der Waals surface area contributed by atoms with Crippen LogP contribution in [0.25, 0.3) is 0 Å². The van der Waals surface area contributed by atoms with Crippen molar-refractivity contribution in [3.8, 4) is 0 Å². The van der Waals surface area contributed by atoms with Crippen molar-refractivity contribution in [2.75, 3.05) is 20.6 Å². The van der Waals surface area contributed by atoms with E-state index in [2.05, 4.69) is 78.5 Å². The molecule has 0 amide bonds. The number of hydrogen-bond acceptors (Lipinski definition) is 2. The summed E-state index contributed by atoms with van der Waals surface area (Å²) in [5.41, 5.74) is 3.08. The van der Waals surface area contributed by atoms with Crippen molar-refractivity contribution >= 4 is 11.6 Å². The molecule has 28 heavy (non-hydrogen) atoms. The number of nitrogens with zero attached hydrogens (tertiary/aromatic N) is 2. The molecule has 0 saturated heterocycles. The van der Waals surface area contributed by atoms with Gasteiger partial charge in [-0.05, 0) is 82.3 Å². The standard InChI is InChI=1S/C25H33ClN2/c1-27(19-16-20-6-4-3-5-7-20)23-14-17-25(18-15-23,28(2)24-12-13-24)21-8-10-22(26)11-9-21/h3-11,23-24H,12-19H2,1-2H3. The molecule has 2 aromatic carbocycles. The molecule has 0 atom stereocenters. The predicted octanol–water partition coefficient (Wildman–Crippen LogP) is 5.75. The van der Waals surface area contributed by atoms with Gasteiger partial charge in [-0.3, -0.25) is 4.90 Å². The molecule has 0 aromatic heterocycles. The summed E-state index contributed by atoms with van der Waals surface area (Å²) < 4.78 is 0. The van der Waals surface area contributed by atoms with Crippen LogP contribution in [-0.2, 0) is 12.0 Å². The van der Waals surface area contributed by atoms with E-state index in [1.165, 1.54) is 49.7 Å². The van der Waals surface area contributed by atoms with E-state index >= 15 is 0 Å². The molecule has 0 N–H and O–H groups in total. The Bertz CT molecular complexity index is 746. The summed E-state index contributed by atoms with van der Waals surface area (Å²) in [6.45, 7) is 1.14. The topological polar surface area (TPSA) is 6.48 Å². The van der Waals surface area contributed by atoms with E-state index in [-0.39, 0.29) is 5.54 Å². The lowest BCUT2D eigenvalue weighted by Crippen LogP contribution is -2.50. The van der Waals surface area contributed by atoms with Crippen LogP contribution in [-0.4, -0.2) is 42.5 Å². The molecule has 0 aliphatic heterocycles. The number of rotatable bonds is 7. The Morgan fingerprint density at radius 2 is 1.50 bits per heavy atom. The number of benzene rings is 2. The zero-order valence-corrected chi connectivity index (χ0v) is 18.0. The largest absolute Gasteiger partial charge is 0.303 e. The van der Waals surface area contributed by atoms with Gasteiger partial charge in [0, 0.05) is 29.2 Å². The Balaban J connectivity index is 1.42. The maximum atomic E-state index is 6.18. The van der Waals surface area contributed by atoms with E-state index in [1.54, 1.807) is 0 Å². The smallest absolute Gasteiger partial charge is 0.0461 e. The van der Waals surface area contributed by atoms with E-state index < -0.39 is 0 Å². The fourth-order valence-electron chi connectivity index (χ4n) is 5.07. The summed E-state index contributed by atoms with van der Waals surface area (Å²) in [6.07, 6.45) is 8.86. The van der Waals surface area contributed by atoms with E-state index in [0.29, 0.717) is 6.04 Å². The molecule has 2 fully saturated rings. The highest BCUT2D eigenvalue weighted by molar-refractivity contribution is 6.30. The van der Waals surface area contributed by atoms with Crippen LogP contribution in [0.15, 0.2) is 54.6 Å². The van der Waals surface area contributed by atoms with Crippen molar-refractivity contribution in [3.05, 3.63) is 70.7 Å². The SMILES string of the molecule is CN(CCc1ccccc1)C1CCC(c2ccc(Cl)cc2)(N(C)C2CC2)CC1. The van der Waals surface area contributed by atoms with Crippen LogP contribution >= 0.6 is 11.6 Å². The fourth-order valence-corrected chi connectivity index (χ4v) is 5.20. The number of halogens is 1. The van der Waals surface area contributed by atoms with Gasteiger partial charge in [0.25, 0.3) is 0 Å². The van der Waals surface area contributed by atoms with Crippen molar-refractivity contribution in [2.45, 2.75) is 62.6 Å². The van der Waals surface area contributed by atoms with Gasteiger partial charge in [0.05, 0.1) is 0 Å². The molecule has 3 heteroatoms. The molecule has 2 aliphatic rings. The Labute approximate surface area is 175 Å². The molecule has 2 nitrogen and oxygen atoms in total. The average molecular weight is 397 g/mol. The van der Waals surface area contributed by atoms with Gasteiger partial charge in [-0.2, -0.15) is 0 Å². The lowest BCUT2D eigenvalue weighted by atomic mass is 9.73. The second-order valence-corrected chi connectivity index (χ2v) is 9.26. The summed E-state index contributed by atoms with van der Waals surface area (Å²) in [7, 11) is 4.67. The van der Waals surface area contributed by atoms with Gasteiger partial charge in [-0.1, -0.05) is 54.1 Å². The van der Waals surface area contributed by atoms with E-state index in [0.717, 1.165) is 24.0 Å². The van der Waals surface area contributed by atoms with E-state index in [4.69, 9.17) is 11.6 Å². The van der Waals surface area contributed by atoms with E-state index in [9.17, 15) is 0 Å². The monoisotopic (exact) mass is 396 g/mol. The van der Waals surface area contributed by atoms with Gasteiger partial charge < -0.3 is 4.90 Å². The second kappa shape index (κ2) is 8.57. The Kier molecular flexibility index (Phi) is 6.10. The van der Waals surface area contributed by atoms with Crippen LogP contribution in [0.2, 0.25) is 5.02 Å². The molecule has 0 spiro atoms. The first-order valence-electron chi connectivity index (χ1n) is 10.8. The first-order chi connectivity index (χ1) is 13.6. The zero-order valence-electron chi connectivity index (χ0n) is 17.3. The summed E-state index contributed by atoms with van der Waals surface area (Å²) in [6, 6.07) is 21.0. The fraction of sp³-hybridized carbons (Fsp3) is 0.520. The average Bonchev–Trinajstić information content (AvgIpc) is 3.58. The molecule has 4 rings (SSSR count). The van der Waals surface area contributed by atoms with Crippen LogP contribution in [0.3, 0.4) is 0 Å². The van der Waals surface area contributed by atoms with Crippen LogP contribution in [0.5, 0.6) is 0 Å². The van der Waals surface area contributed by atoms with Gasteiger partial charge in [-0.15, -0.1) is 0 Å². The highest BCUT2D eigenvalue weighted by atomic mass is 35.5. The highest BCUT2D eigenvalue weighted by Crippen LogP contribution is 2.47. The molecule has 0 radical (unpaired) electrons. The van der Waals surface area contributed by atoms with Crippen LogP contribution in [0.1, 0.15) is 49.7 Å².